The quantitative estimate of drug-likeness (QED) is 0.314. The van der Waals surface area contributed by atoms with Gasteiger partial charge in [-0.1, -0.05) is 38.3 Å². The molecule has 128 valence electrons. The SMILES string of the molecule is CCC(CC)[C@@H](COS(=O)(=O)[O-])NS(=O)(=O)c1ccc(Cl)s1.[Na+]. The first-order chi connectivity index (χ1) is 10.1. The summed E-state index contributed by atoms with van der Waals surface area (Å²) in [4.78, 5) is 0. The molecule has 0 bridgehead atoms. The summed E-state index contributed by atoms with van der Waals surface area (Å²) in [6.07, 6.45) is 1.19. The Hall–Kier alpha value is 0.770. The predicted octanol–water partition coefficient (Wildman–Crippen LogP) is -1.03. The maximum Gasteiger partial charge on any atom is 1.00 e. The zero-order chi connectivity index (χ0) is 17.0. The van der Waals surface area contributed by atoms with Gasteiger partial charge in [-0.05, 0) is 18.1 Å². The molecule has 0 amide bonds. The van der Waals surface area contributed by atoms with E-state index in [1.165, 1.54) is 12.1 Å². The summed E-state index contributed by atoms with van der Waals surface area (Å²) in [5.74, 6) is -0.174. The van der Waals surface area contributed by atoms with E-state index in [1.807, 2.05) is 13.8 Å². The van der Waals surface area contributed by atoms with Gasteiger partial charge in [0.25, 0.3) is 0 Å². The van der Waals surface area contributed by atoms with Crippen LogP contribution in [0.4, 0.5) is 0 Å². The monoisotopic (exact) mass is 413 g/mol. The van der Waals surface area contributed by atoms with Crippen LogP contribution in [-0.2, 0) is 24.6 Å². The molecule has 1 heterocycles. The predicted molar refractivity (Wildman–Crippen MR) is 83.2 cm³/mol. The van der Waals surface area contributed by atoms with E-state index in [1.54, 1.807) is 0 Å². The number of rotatable bonds is 9. The summed E-state index contributed by atoms with van der Waals surface area (Å²) in [5.41, 5.74) is 0. The van der Waals surface area contributed by atoms with Gasteiger partial charge < -0.3 is 4.55 Å². The standard InChI is InChI=1S/C11H18ClNO6S3.Na/c1-3-8(4-2)9(7-19-22(16,17)18)13-21(14,15)11-6-5-10(12)20-11;/h5-6,8-9,13H,3-4,7H2,1-2H3,(H,16,17,18);/q;+1/p-1/t9-;/m1./s1. The molecule has 0 spiro atoms. The van der Waals surface area contributed by atoms with E-state index in [0.717, 1.165) is 11.3 Å². The fourth-order valence-corrected chi connectivity index (χ4v) is 5.08. The van der Waals surface area contributed by atoms with Gasteiger partial charge >= 0.3 is 29.6 Å². The Morgan fingerprint density at radius 2 is 1.83 bits per heavy atom. The molecule has 0 unspecified atom stereocenters. The molecule has 0 aromatic carbocycles. The van der Waals surface area contributed by atoms with E-state index in [4.69, 9.17) is 11.6 Å². The minimum absolute atomic E-state index is 0. The number of halogens is 1. The Balaban J connectivity index is 0.00000484. The van der Waals surface area contributed by atoms with Crippen LogP contribution < -0.4 is 34.3 Å². The molecule has 1 rings (SSSR count). The van der Waals surface area contributed by atoms with Crippen LogP contribution in [0.5, 0.6) is 0 Å². The molecule has 1 aromatic heterocycles. The van der Waals surface area contributed by atoms with E-state index in [2.05, 4.69) is 8.91 Å². The van der Waals surface area contributed by atoms with Gasteiger partial charge in [-0.25, -0.2) is 21.6 Å². The van der Waals surface area contributed by atoms with Gasteiger partial charge in [0.2, 0.25) is 20.4 Å². The number of thiophene rings is 1. The van der Waals surface area contributed by atoms with Crippen LogP contribution in [-0.4, -0.2) is 34.0 Å². The van der Waals surface area contributed by atoms with Crippen molar-refractivity contribution < 1.29 is 55.1 Å². The van der Waals surface area contributed by atoms with Crippen LogP contribution in [0.1, 0.15) is 26.7 Å². The number of hydrogen-bond acceptors (Lipinski definition) is 7. The number of sulfonamides is 1. The Morgan fingerprint density at radius 1 is 1.26 bits per heavy atom. The largest absolute Gasteiger partial charge is 1.00 e. The van der Waals surface area contributed by atoms with Gasteiger partial charge in [-0.3, -0.25) is 4.18 Å². The smallest absolute Gasteiger partial charge is 0.726 e. The van der Waals surface area contributed by atoms with Crippen molar-refractivity contribution in [3.63, 3.8) is 0 Å². The van der Waals surface area contributed by atoms with Crippen molar-refractivity contribution in [2.45, 2.75) is 36.9 Å². The normalized spacial score (nSPS) is 13.8. The van der Waals surface area contributed by atoms with Crippen LogP contribution in [0.3, 0.4) is 0 Å². The number of hydrogen-bond donors (Lipinski definition) is 1. The molecule has 0 aliphatic heterocycles. The van der Waals surface area contributed by atoms with E-state index in [-0.39, 0.29) is 39.7 Å². The minimum atomic E-state index is -4.89. The molecule has 1 aromatic rings. The second-order valence-electron chi connectivity index (χ2n) is 4.56. The Bertz CT molecular complexity index is 686. The van der Waals surface area contributed by atoms with Gasteiger partial charge in [-0.15, -0.1) is 11.3 Å². The maximum atomic E-state index is 12.3. The first-order valence-corrected chi connectivity index (χ1v) is 10.5. The summed E-state index contributed by atoms with van der Waals surface area (Å²) in [5, 5.41) is 0. The molecule has 23 heavy (non-hydrogen) atoms. The zero-order valence-corrected chi connectivity index (χ0v) is 18.2. The Kier molecular flexibility index (Phi) is 10.4. The van der Waals surface area contributed by atoms with Crippen molar-refractivity contribution in [3.05, 3.63) is 16.5 Å². The molecule has 1 atom stereocenters. The summed E-state index contributed by atoms with van der Waals surface area (Å²) in [6.45, 7) is 3.13. The third-order valence-electron chi connectivity index (χ3n) is 3.13. The van der Waals surface area contributed by atoms with Crippen LogP contribution in [0.15, 0.2) is 16.3 Å². The molecule has 0 saturated carbocycles. The Morgan fingerprint density at radius 3 is 2.22 bits per heavy atom. The first-order valence-electron chi connectivity index (χ1n) is 6.47. The van der Waals surface area contributed by atoms with E-state index in [9.17, 15) is 21.4 Å². The zero-order valence-electron chi connectivity index (χ0n) is 13.0. The van der Waals surface area contributed by atoms with Crippen molar-refractivity contribution in [3.8, 4) is 0 Å². The number of nitrogens with one attached hydrogen (secondary N) is 1. The molecule has 0 aliphatic carbocycles. The van der Waals surface area contributed by atoms with Gasteiger partial charge in [0.05, 0.1) is 10.9 Å². The molecule has 0 fully saturated rings. The molecule has 12 heteroatoms. The second-order valence-corrected chi connectivity index (χ2v) is 9.26. The average molecular weight is 414 g/mol. The van der Waals surface area contributed by atoms with E-state index < -0.39 is 33.1 Å². The van der Waals surface area contributed by atoms with Crippen molar-refractivity contribution in [1.29, 1.82) is 0 Å². The van der Waals surface area contributed by atoms with Crippen LogP contribution in [0.2, 0.25) is 4.34 Å². The van der Waals surface area contributed by atoms with E-state index in [0.29, 0.717) is 17.2 Å². The summed E-state index contributed by atoms with van der Waals surface area (Å²) < 4.78 is 63.3. The molecule has 0 aliphatic rings. The molecule has 7 nitrogen and oxygen atoms in total. The van der Waals surface area contributed by atoms with Crippen LogP contribution in [0.25, 0.3) is 0 Å². The van der Waals surface area contributed by atoms with Crippen molar-refractivity contribution in [2.75, 3.05) is 6.61 Å². The second kappa shape index (κ2) is 10.0. The topological polar surface area (TPSA) is 113 Å². The van der Waals surface area contributed by atoms with Gasteiger partial charge in [-0.2, -0.15) is 0 Å². The van der Waals surface area contributed by atoms with Crippen molar-refractivity contribution in [1.82, 2.24) is 4.72 Å². The average Bonchev–Trinajstić information content (AvgIpc) is 2.83. The molecule has 0 radical (unpaired) electrons. The van der Waals surface area contributed by atoms with Crippen molar-refractivity contribution >= 4 is 43.4 Å². The van der Waals surface area contributed by atoms with Crippen LogP contribution in [0, 0.1) is 5.92 Å². The third kappa shape index (κ3) is 8.13. The first kappa shape index (κ1) is 23.8. The minimum Gasteiger partial charge on any atom is -0.726 e. The van der Waals surface area contributed by atoms with E-state index >= 15 is 0 Å². The van der Waals surface area contributed by atoms with Crippen LogP contribution >= 0.6 is 22.9 Å². The molecular weight excluding hydrogens is 397 g/mol. The van der Waals surface area contributed by atoms with Gasteiger partial charge in [0, 0.05) is 6.04 Å². The van der Waals surface area contributed by atoms with Gasteiger partial charge in [0.1, 0.15) is 4.21 Å². The molecule has 0 saturated heterocycles. The summed E-state index contributed by atoms with van der Waals surface area (Å²) in [6, 6.07) is 1.97. The summed E-state index contributed by atoms with van der Waals surface area (Å²) in [7, 11) is -8.75. The molecule has 1 N–H and O–H groups in total. The summed E-state index contributed by atoms with van der Waals surface area (Å²) >= 11 is 6.60. The van der Waals surface area contributed by atoms with Gasteiger partial charge in [0.15, 0.2) is 0 Å². The Labute approximate surface area is 168 Å². The van der Waals surface area contributed by atoms with Crippen molar-refractivity contribution in [2.24, 2.45) is 5.92 Å². The fourth-order valence-electron chi connectivity index (χ4n) is 1.98. The fraction of sp³-hybridized carbons (Fsp3) is 0.636. The third-order valence-corrected chi connectivity index (χ3v) is 6.77. The maximum absolute atomic E-state index is 12.3. The molecular formula is C11H17ClNNaO6S3.